The molecule has 1 aromatic rings. The lowest BCUT2D eigenvalue weighted by molar-refractivity contribution is -0.126. The summed E-state index contributed by atoms with van der Waals surface area (Å²) in [5.41, 5.74) is 1.13. The van der Waals surface area contributed by atoms with Crippen LogP contribution in [0.5, 0.6) is 0 Å². The molecule has 1 aliphatic rings. The van der Waals surface area contributed by atoms with Crippen molar-refractivity contribution in [3.63, 3.8) is 0 Å². The van der Waals surface area contributed by atoms with Crippen molar-refractivity contribution < 1.29 is 9.53 Å². The van der Waals surface area contributed by atoms with Gasteiger partial charge in [0, 0.05) is 5.69 Å². The fourth-order valence-corrected chi connectivity index (χ4v) is 1.69. The number of anilines is 1. The first kappa shape index (κ1) is 11.1. The Morgan fingerprint density at radius 2 is 2.00 bits per heavy atom. The van der Waals surface area contributed by atoms with Crippen molar-refractivity contribution in [3.8, 4) is 12.1 Å². The second kappa shape index (κ2) is 4.65. The molecule has 0 spiro atoms. The number of hydrogen-bond donors (Lipinski definition) is 0. The molecule has 0 N–H and O–H groups in total. The van der Waals surface area contributed by atoms with Gasteiger partial charge in [-0.1, -0.05) is 0 Å². The summed E-state index contributed by atoms with van der Waals surface area (Å²) < 4.78 is 5.02. The number of hydrogen-bond acceptors (Lipinski definition) is 4. The first-order chi connectivity index (χ1) is 8.26. The lowest BCUT2D eigenvalue weighted by Gasteiger charge is -2.31. The molecule has 1 aromatic carbocycles. The molecule has 1 heterocycles. The minimum absolute atomic E-state index is 0.0157. The molecule has 1 fully saturated rings. The van der Waals surface area contributed by atoms with E-state index in [1.54, 1.807) is 24.3 Å². The van der Waals surface area contributed by atoms with Crippen LogP contribution in [0.3, 0.4) is 0 Å². The first-order valence-corrected chi connectivity index (χ1v) is 5.06. The zero-order chi connectivity index (χ0) is 12.3. The fourth-order valence-electron chi connectivity index (χ4n) is 1.69. The third kappa shape index (κ3) is 2.10. The van der Waals surface area contributed by atoms with Crippen LogP contribution in [0, 0.1) is 22.7 Å². The third-order valence-corrected chi connectivity index (χ3v) is 2.51. The van der Waals surface area contributed by atoms with Crippen molar-refractivity contribution in [1.82, 2.24) is 0 Å². The van der Waals surface area contributed by atoms with E-state index in [1.165, 1.54) is 4.90 Å². The standard InChI is InChI=1S/C12H9N3O2/c13-5-9-1-3-10(4-2-9)15-11(6-14)7-17-8-12(15)16/h1-4,11H,7-8H2. The van der Waals surface area contributed by atoms with Crippen molar-refractivity contribution in [1.29, 1.82) is 10.5 Å². The van der Waals surface area contributed by atoms with E-state index in [2.05, 4.69) is 0 Å². The molecule has 5 nitrogen and oxygen atoms in total. The molecule has 0 saturated carbocycles. The lowest BCUT2D eigenvalue weighted by atomic mass is 10.1. The Kier molecular flexibility index (Phi) is 3.04. The Morgan fingerprint density at radius 1 is 1.29 bits per heavy atom. The van der Waals surface area contributed by atoms with Crippen molar-refractivity contribution >= 4 is 11.6 Å². The molecule has 1 aliphatic heterocycles. The van der Waals surface area contributed by atoms with Crippen molar-refractivity contribution in [2.45, 2.75) is 6.04 Å². The number of rotatable bonds is 1. The molecular weight excluding hydrogens is 218 g/mol. The summed E-state index contributed by atoms with van der Waals surface area (Å²) >= 11 is 0. The van der Waals surface area contributed by atoms with E-state index in [-0.39, 0.29) is 19.1 Å². The summed E-state index contributed by atoms with van der Waals surface area (Å²) in [6.07, 6.45) is 0. The normalized spacial score (nSPS) is 19.5. The smallest absolute Gasteiger partial charge is 0.254 e. The van der Waals surface area contributed by atoms with Crippen molar-refractivity contribution in [3.05, 3.63) is 29.8 Å². The summed E-state index contributed by atoms with van der Waals surface area (Å²) in [6, 6.07) is 9.97. The summed E-state index contributed by atoms with van der Waals surface area (Å²) in [4.78, 5) is 13.1. The minimum atomic E-state index is -0.607. The quantitative estimate of drug-likeness (QED) is 0.711. The highest BCUT2D eigenvalue weighted by molar-refractivity contribution is 5.96. The predicted octanol–water partition coefficient (Wildman–Crippen LogP) is 0.814. The maximum absolute atomic E-state index is 11.7. The molecule has 84 valence electrons. The van der Waals surface area contributed by atoms with E-state index in [0.29, 0.717) is 11.3 Å². The average molecular weight is 227 g/mol. The van der Waals surface area contributed by atoms with Gasteiger partial charge in [0.15, 0.2) is 0 Å². The number of ether oxygens (including phenoxy) is 1. The number of nitriles is 2. The Hall–Kier alpha value is -2.37. The molecule has 0 aliphatic carbocycles. The van der Waals surface area contributed by atoms with Crippen LogP contribution in [0.2, 0.25) is 0 Å². The van der Waals surface area contributed by atoms with Gasteiger partial charge in [0.05, 0.1) is 24.3 Å². The van der Waals surface area contributed by atoms with Gasteiger partial charge in [0.25, 0.3) is 5.91 Å². The highest BCUT2D eigenvalue weighted by atomic mass is 16.5. The average Bonchev–Trinajstić information content (AvgIpc) is 2.38. The Balaban J connectivity index is 2.33. The topological polar surface area (TPSA) is 77.1 Å². The highest BCUT2D eigenvalue weighted by Gasteiger charge is 2.29. The number of amides is 1. The Morgan fingerprint density at radius 3 is 2.59 bits per heavy atom. The van der Waals surface area contributed by atoms with Crippen LogP contribution >= 0.6 is 0 Å². The summed E-state index contributed by atoms with van der Waals surface area (Å²) in [5, 5.41) is 17.7. The van der Waals surface area contributed by atoms with Crippen LogP contribution < -0.4 is 4.90 Å². The molecule has 1 amide bonds. The molecule has 17 heavy (non-hydrogen) atoms. The molecule has 0 radical (unpaired) electrons. The SMILES string of the molecule is N#Cc1ccc(N2C(=O)COCC2C#N)cc1. The second-order valence-corrected chi connectivity index (χ2v) is 3.58. The summed E-state index contributed by atoms with van der Waals surface area (Å²) in [7, 11) is 0. The monoisotopic (exact) mass is 227 g/mol. The molecule has 0 aromatic heterocycles. The van der Waals surface area contributed by atoms with Crippen LogP contribution in [0.1, 0.15) is 5.56 Å². The summed E-state index contributed by atoms with van der Waals surface area (Å²) in [5.74, 6) is -0.243. The van der Waals surface area contributed by atoms with E-state index in [4.69, 9.17) is 15.3 Å². The Bertz CT molecular complexity index is 510. The van der Waals surface area contributed by atoms with Crippen LogP contribution in [0.4, 0.5) is 5.69 Å². The second-order valence-electron chi connectivity index (χ2n) is 3.58. The highest BCUT2D eigenvalue weighted by Crippen LogP contribution is 2.20. The van der Waals surface area contributed by atoms with Gasteiger partial charge in [-0.05, 0) is 24.3 Å². The maximum Gasteiger partial charge on any atom is 0.254 e. The number of morpholine rings is 1. The lowest BCUT2D eigenvalue weighted by Crippen LogP contribution is -2.49. The van der Waals surface area contributed by atoms with Crippen LogP contribution in [-0.4, -0.2) is 25.2 Å². The maximum atomic E-state index is 11.7. The molecular formula is C12H9N3O2. The van der Waals surface area contributed by atoms with Gasteiger partial charge in [-0.25, -0.2) is 0 Å². The molecule has 0 bridgehead atoms. The molecule has 1 unspecified atom stereocenters. The van der Waals surface area contributed by atoms with E-state index >= 15 is 0 Å². The number of benzene rings is 1. The first-order valence-electron chi connectivity index (χ1n) is 5.06. The van der Waals surface area contributed by atoms with E-state index in [9.17, 15) is 4.79 Å². The van der Waals surface area contributed by atoms with Gasteiger partial charge in [0.1, 0.15) is 12.6 Å². The van der Waals surface area contributed by atoms with Gasteiger partial charge in [-0.15, -0.1) is 0 Å². The van der Waals surface area contributed by atoms with Crippen LogP contribution in [0.25, 0.3) is 0 Å². The van der Waals surface area contributed by atoms with Crippen molar-refractivity contribution in [2.75, 3.05) is 18.1 Å². The number of carbonyl (C=O) groups excluding carboxylic acids is 1. The van der Waals surface area contributed by atoms with Gasteiger partial charge in [-0.3, -0.25) is 9.69 Å². The Labute approximate surface area is 98.4 Å². The van der Waals surface area contributed by atoms with Gasteiger partial charge in [0.2, 0.25) is 0 Å². The van der Waals surface area contributed by atoms with Gasteiger partial charge >= 0.3 is 0 Å². The predicted molar refractivity (Wildman–Crippen MR) is 58.9 cm³/mol. The van der Waals surface area contributed by atoms with Crippen molar-refractivity contribution in [2.24, 2.45) is 0 Å². The molecule has 2 rings (SSSR count). The van der Waals surface area contributed by atoms with E-state index in [0.717, 1.165) is 0 Å². The largest absolute Gasteiger partial charge is 0.368 e. The van der Waals surface area contributed by atoms with Gasteiger partial charge < -0.3 is 4.74 Å². The van der Waals surface area contributed by atoms with Gasteiger partial charge in [-0.2, -0.15) is 10.5 Å². The minimum Gasteiger partial charge on any atom is -0.368 e. The van der Waals surface area contributed by atoms with Crippen LogP contribution in [0.15, 0.2) is 24.3 Å². The summed E-state index contributed by atoms with van der Waals surface area (Å²) in [6.45, 7) is 0.195. The zero-order valence-electron chi connectivity index (χ0n) is 8.96. The van der Waals surface area contributed by atoms with E-state index in [1.807, 2.05) is 12.1 Å². The zero-order valence-corrected chi connectivity index (χ0v) is 8.96. The third-order valence-electron chi connectivity index (χ3n) is 2.51. The number of carbonyl (C=O) groups is 1. The fraction of sp³-hybridized carbons (Fsp3) is 0.250. The van der Waals surface area contributed by atoms with E-state index < -0.39 is 6.04 Å². The molecule has 1 saturated heterocycles. The molecule has 5 heteroatoms. The van der Waals surface area contributed by atoms with Crippen LogP contribution in [-0.2, 0) is 9.53 Å². The molecule has 1 atom stereocenters. The number of nitrogens with zero attached hydrogens (tertiary/aromatic N) is 3.